The number of anilines is 1. The van der Waals surface area contributed by atoms with Gasteiger partial charge in [-0.15, -0.1) is 0 Å². The molecule has 3 aliphatic rings. The number of nitrogens with two attached hydrogens (primary N) is 1. The number of halogens is 1. The summed E-state index contributed by atoms with van der Waals surface area (Å²) in [5.41, 5.74) is 18.1. The summed E-state index contributed by atoms with van der Waals surface area (Å²) in [6.07, 6.45) is 3.24. The van der Waals surface area contributed by atoms with E-state index in [9.17, 15) is 33.9 Å². The summed E-state index contributed by atoms with van der Waals surface area (Å²) in [5, 5.41) is 28.1. The number of benzene rings is 3. The molecule has 0 radical (unpaired) electrons. The van der Waals surface area contributed by atoms with Gasteiger partial charge in [-0.2, -0.15) is 0 Å². The molecular formula is C70H90FN11O18. The van der Waals surface area contributed by atoms with Crippen LogP contribution in [0.3, 0.4) is 0 Å². The predicted octanol–water partition coefficient (Wildman–Crippen LogP) is 6.05. The highest BCUT2D eigenvalue weighted by molar-refractivity contribution is 5.99. The number of alkyl carbamates (subject to hydrolysis) is 1. The number of hydrogen-bond acceptors (Lipinski definition) is 21. The number of esters is 1. The summed E-state index contributed by atoms with van der Waals surface area (Å²) in [4.78, 5) is 93.4. The summed E-state index contributed by atoms with van der Waals surface area (Å²) in [6, 6.07) is 14.5. The minimum absolute atomic E-state index is 0.0393. The molecule has 29 nitrogen and oxygen atoms in total. The SMILES string of the molecule is CC[C@@]1(O)C(=O)OCc2c1cc1n(c2=O)Cc2c-1nc1cc(F)c(C)c3c1c2[C@@H](NC(=O)OCc1ccc(NC(=O)[C@H](CCCCN)NC(=O)[C@H](Cc2c[nH]c4ccccc24)NC(=O)CCOCCOCCOCCOCCOCCOCCOCCOCCOCCN=[N+]=[N-])cc1)CC3. The fourth-order valence-corrected chi connectivity index (χ4v) is 12.2. The lowest BCUT2D eigenvalue weighted by molar-refractivity contribution is -0.172. The maximum atomic E-state index is 15.5. The topological polar surface area (TPSA) is 381 Å². The number of carbonyl (C=O) groups is 5. The van der Waals surface area contributed by atoms with Crippen molar-refractivity contribution in [3.63, 3.8) is 0 Å². The Morgan fingerprint density at radius 2 is 1.42 bits per heavy atom. The Hall–Kier alpha value is -8.49. The number of azide groups is 1. The van der Waals surface area contributed by atoms with Crippen molar-refractivity contribution < 1.29 is 85.6 Å². The van der Waals surface area contributed by atoms with Crippen molar-refractivity contribution in [1.29, 1.82) is 0 Å². The van der Waals surface area contributed by atoms with Crippen LogP contribution in [0.1, 0.15) is 96.0 Å². The van der Waals surface area contributed by atoms with Crippen molar-refractivity contribution in [3.05, 3.63) is 138 Å². The van der Waals surface area contributed by atoms with Crippen molar-refractivity contribution in [2.24, 2.45) is 10.8 Å². The van der Waals surface area contributed by atoms with Crippen LogP contribution in [0.25, 0.3) is 43.6 Å². The van der Waals surface area contributed by atoms with E-state index in [1.807, 2.05) is 24.3 Å². The van der Waals surface area contributed by atoms with E-state index < -0.39 is 64.9 Å². The number of unbranched alkanes of at least 4 members (excludes halogenated alkanes) is 1. The first kappa shape index (κ1) is 75.7. The van der Waals surface area contributed by atoms with Gasteiger partial charge in [0.1, 0.15) is 31.1 Å². The van der Waals surface area contributed by atoms with Gasteiger partial charge < -0.3 is 93.8 Å². The van der Waals surface area contributed by atoms with Crippen molar-refractivity contribution in [2.75, 3.05) is 137 Å². The molecule has 1 aliphatic carbocycles. The first-order valence-electron chi connectivity index (χ1n) is 33.9. The van der Waals surface area contributed by atoms with E-state index in [1.54, 1.807) is 50.4 Å². The Morgan fingerprint density at radius 3 is 2.04 bits per heavy atom. The van der Waals surface area contributed by atoms with Gasteiger partial charge in [-0.3, -0.25) is 19.2 Å². The molecule has 3 aromatic heterocycles. The summed E-state index contributed by atoms with van der Waals surface area (Å²) in [5.74, 6) is -2.80. The van der Waals surface area contributed by atoms with Crippen molar-refractivity contribution in [2.45, 2.75) is 109 Å². The number of aliphatic hydroxyl groups is 1. The number of aryl methyl sites for hydroxylation is 1. The van der Waals surface area contributed by atoms with Crippen molar-refractivity contribution >= 4 is 57.3 Å². The van der Waals surface area contributed by atoms with Gasteiger partial charge in [0.25, 0.3) is 5.56 Å². The number of ether oxygens (including phenoxy) is 11. The molecule has 4 atom stereocenters. The summed E-state index contributed by atoms with van der Waals surface area (Å²) in [6.45, 7) is 10.3. The highest BCUT2D eigenvalue weighted by atomic mass is 19.1. The molecule has 540 valence electrons. The fourth-order valence-electron chi connectivity index (χ4n) is 12.2. The lowest BCUT2D eigenvalue weighted by Crippen LogP contribution is -2.53. The number of fused-ring (bicyclic) bond motifs is 6. The molecule has 6 aromatic rings. The van der Waals surface area contributed by atoms with E-state index in [0.29, 0.717) is 188 Å². The number of hydrogen-bond donors (Lipinski definition) is 7. The van der Waals surface area contributed by atoms with E-state index in [2.05, 4.69) is 36.3 Å². The molecule has 0 saturated carbocycles. The molecule has 8 N–H and O–H groups in total. The number of H-pyrrole nitrogens is 1. The minimum Gasteiger partial charge on any atom is -0.458 e. The molecule has 0 saturated heterocycles. The number of rotatable bonds is 45. The number of amides is 4. The van der Waals surface area contributed by atoms with E-state index in [0.717, 1.165) is 22.0 Å². The van der Waals surface area contributed by atoms with Crippen LogP contribution in [-0.2, 0) is 109 Å². The smallest absolute Gasteiger partial charge is 0.407 e. The molecule has 30 heteroatoms. The molecule has 5 heterocycles. The van der Waals surface area contributed by atoms with Gasteiger partial charge in [0.2, 0.25) is 17.7 Å². The molecule has 0 spiro atoms. The Balaban J connectivity index is 0.689. The van der Waals surface area contributed by atoms with Gasteiger partial charge in [-0.05, 0) is 110 Å². The van der Waals surface area contributed by atoms with Crippen molar-refractivity contribution in [1.82, 2.24) is 30.5 Å². The molecule has 100 heavy (non-hydrogen) atoms. The summed E-state index contributed by atoms with van der Waals surface area (Å²) >= 11 is 0. The first-order chi connectivity index (χ1) is 48.7. The lowest BCUT2D eigenvalue weighted by Gasteiger charge is -2.31. The molecular weight excluding hydrogens is 1300 g/mol. The average molecular weight is 1390 g/mol. The highest BCUT2D eigenvalue weighted by Crippen LogP contribution is 2.46. The molecule has 2 aliphatic heterocycles. The lowest BCUT2D eigenvalue weighted by atomic mass is 9.81. The number of aromatic amines is 1. The fraction of sp³-hybridized carbons (Fsp3) is 0.529. The maximum absolute atomic E-state index is 15.5. The predicted molar refractivity (Wildman–Crippen MR) is 363 cm³/mol. The standard InChI is InChI=1S/C70H90FN11O18/c1-3-70(89)53-39-60-64-51(42-82(60)67(86)52(53)44-99-68(70)87)63-56(16-15-49-45(2)54(71)40-58(78-64)62(49)63)80-69(88)100-43-46-11-13-48(14-12-46)76-65(84)57(10-6-7-18-72)79-66(85)59(38-47-41-74-55-9-5-4-8-50(47)55)77-61(83)17-20-90-22-24-92-26-28-94-30-32-96-34-36-98-37-35-97-33-31-95-29-27-93-25-23-91-21-19-75-81-73/h4-5,8-9,11-14,39-41,56-57,59,74,89H,3,6-7,10,15-38,42-44,72H2,1-2H3,(H,76,84)(H,77,83)(H,79,85)(H,80,88)/t56-,57-,59-,70-/m0/s1. The number of nitrogens with one attached hydrogen (secondary N) is 5. The Labute approximate surface area is 577 Å². The van der Waals surface area contributed by atoms with Crippen LogP contribution in [0.2, 0.25) is 0 Å². The van der Waals surface area contributed by atoms with E-state index >= 15 is 4.39 Å². The second-order valence-corrected chi connectivity index (χ2v) is 24.1. The second kappa shape index (κ2) is 38.9. The number of cyclic esters (lactones) is 1. The quantitative estimate of drug-likeness (QED) is 0.00750. The third-order valence-corrected chi connectivity index (χ3v) is 17.4. The normalized spacial score (nSPS) is 15.7. The number of para-hydroxylation sites is 1. The largest absolute Gasteiger partial charge is 0.458 e. The van der Waals surface area contributed by atoms with E-state index in [1.165, 1.54) is 10.6 Å². The third kappa shape index (κ3) is 20.6. The van der Waals surface area contributed by atoms with Crippen LogP contribution in [0.15, 0.2) is 76.8 Å². The van der Waals surface area contributed by atoms with Crippen LogP contribution in [0, 0.1) is 12.7 Å². The van der Waals surface area contributed by atoms with Gasteiger partial charge in [0.15, 0.2) is 5.60 Å². The Morgan fingerprint density at radius 1 is 0.800 bits per heavy atom. The molecule has 3 aromatic carbocycles. The zero-order chi connectivity index (χ0) is 70.6. The summed E-state index contributed by atoms with van der Waals surface area (Å²) in [7, 11) is 0. The molecule has 0 fully saturated rings. The number of aromatic nitrogens is 3. The van der Waals surface area contributed by atoms with Crippen LogP contribution in [-0.4, -0.2) is 194 Å². The maximum Gasteiger partial charge on any atom is 0.407 e. The highest BCUT2D eigenvalue weighted by Gasteiger charge is 2.46. The second-order valence-electron chi connectivity index (χ2n) is 24.1. The zero-order valence-electron chi connectivity index (χ0n) is 56.6. The van der Waals surface area contributed by atoms with Gasteiger partial charge in [0, 0.05) is 69.7 Å². The van der Waals surface area contributed by atoms with Gasteiger partial charge in [-0.1, -0.05) is 42.4 Å². The van der Waals surface area contributed by atoms with Crippen LogP contribution >= 0.6 is 0 Å². The monoisotopic (exact) mass is 1390 g/mol. The van der Waals surface area contributed by atoms with Gasteiger partial charge in [0.05, 0.1) is 154 Å². The summed E-state index contributed by atoms with van der Waals surface area (Å²) < 4.78 is 77.6. The Kier molecular flexibility index (Phi) is 29.5. The van der Waals surface area contributed by atoms with Crippen LogP contribution in [0.4, 0.5) is 14.9 Å². The molecule has 0 bridgehead atoms. The number of carbonyl (C=O) groups excluding carboxylic acids is 5. The van der Waals surface area contributed by atoms with E-state index in [4.69, 9.17) is 68.4 Å². The van der Waals surface area contributed by atoms with Crippen LogP contribution in [0.5, 0.6) is 0 Å². The van der Waals surface area contributed by atoms with Crippen LogP contribution < -0.4 is 32.6 Å². The van der Waals surface area contributed by atoms with E-state index in [-0.39, 0.29) is 76.4 Å². The molecule has 4 amide bonds. The third-order valence-electron chi connectivity index (χ3n) is 17.4. The average Bonchev–Trinajstić information content (AvgIpc) is 1.49. The molecule has 0 unspecified atom stereocenters. The number of nitrogens with zero attached hydrogens (tertiary/aromatic N) is 5. The van der Waals surface area contributed by atoms with Gasteiger partial charge in [-0.25, -0.2) is 19.0 Å². The Bertz CT molecular complexity index is 3850. The minimum atomic E-state index is -2.05. The molecule has 9 rings (SSSR count). The first-order valence-corrected chi connectivity index (χ1v) is 33.9. The van der Waals surface area contributed by atoms with Gasteiger partial charge >= 0.3 is 12.1 Å². The number of pyridine rings is 2. The zero-order valence-corrected chi connectivity index (χ0v) is 56.6. The van der Waals surface area contributed by atoms with Crippen molar-refractivity contribution in [3.8, 4) is 11.4 Å².